The Bertz CT molecular complexity index is 634. The SMILES string of the molecule is CCCN(CCC)C(=O)CN1CCN(C(=O)c2ccc(C)c(OC)c2)CC1. The molecule has 1 aliphatic heterocycles. The van der Waals surface area contributed by atoms with Gasteiger partial charge in [0.1, 0.15) is 5.75 Å². The lowest BCUT2D eigenvalue weighted by Gasteiger charge is -2.35. The van der Waals surface area contributed by atoms with Crippen molar-refractivity contribution in [1.82, 2.24) is 14.7 Å². The minimum Gasteiger partial charge on any atom is -0.496 e. The molecule has 6 nitrogen and oxygen atoms in total. The van der Waals surface area contributed by atoms with Crippen LogP contribution in [-0.2, 0) is 4.79 Å². The van der Waals surface area contributed by atoms with E-state index in [4.69, 9.17) is 4.74 Å². The first kappa shape index (κ1) is 21.2. The number of aryl methyl sites for hydroxylation is 1. The van der Waals surface area contributed by atoms with Crippen molar-refractivity contribution >= 4 is 11.8 Å². The number of methoxy groups -OCH3 is 1. The lowest BCUT2D eigenvalue weighted by Crippen LogP contribution is -2.51. The van der Waals surface area contributed by atoms with Gasteiger partial charge in [-0.2, -0.15) is 0 Å². The van der Waals surface area contributed by atoms with Crippen molar-refractivity contribution in [3.8, 4) is 5.75 Å². The van der Waals surface area contributed by atoms with Crippen molar-refractivity contribution in [2.24, 2.45) is 0 Å². The average molecular weight is 376 g/mol. The molecule has 0 unspecified atom stereocenters. The van der Waals surface area contributed by atoms with Gasteiger partial charge in [-0.05, 0) is 37.5 Å². The third-order valence-corrected chi connectivity index (χ3v) is 5.01. The van der Waals surface area contributed by atoms with Gasteiger partial charge in [-0.3, -0.25) is 14.5 Å². The third kappa shape index (κ3) is 5.70. The van der Waals surface area contributed by atoms with Crippen LogP contribution in [0.15, 0.2) is 18.2 Å². The number of carbonyl (C=O) groups is 2. The largest absolute Gasteiger partial charge is 0.496 e. The predicted octanol–water partition coefficient (Wildman–Crippen LogP) is 2.41. The Morgan fingerprint density at radius 2 is 1.70 bits per heavy atom. The lowest BCUT2D eigenvalue weighted by molar-refractivity contribution is -0.132. The van der Waals surface area contributed by atoms with E-state index in [0.717, 1.165) is 50.3 Å². The maximum absolute atomic E-state index is 12.8. The molecule has 27 heavy (non-hydrogen) atoms. The predicted molar refractivity (Wildman–Crippen MR) is 107 cm³/mol. The van der Waals surface area contributed by atoms with Crippen LogP contribution >= 0.6 is 0 Å². The first-order valence-electron chi connectivity index (χ1n) is 9.94. The second-order valence-corrected chi connectivity index (χ2v) is 7.13. The minimum atomic E-state index is 0.0258. The van der Waals surface area contributed by atoms with Gasteiger partial charge >= 0.3 is 0 Å². The highest BCUT2D eigenvalue weighted by Gasteiger charge is 2.25. The maximum atomic E-state index is 12.8. The zero-order chi connectivity index (χ0) is 19.8. The summed E-state index contributed by atoms with van der Waals surface area (Å²) in [6.07, 6.45) is 1.96. The van der Waals surface area contributed by atoms with E-state index in [1.165, 1.54) is 0 Å². The molecule has 6 heteroatoms. The Morgan fingerprint density at radius 3 is 2.26 bits per heavy atom. The molecule has 150 valence electrons. The molecule has 1 saturated heterocycles. The van der Waals surface area contributed by atoms with E-state index in [-0.39, 0.29) is 11.8 Å². The number of carbonyl (C=O) groups excluding carboxylic acids is 2. The van der Waals surface area contributed by atoms with Gasteiger partial charge in [-0.1, -0.05) is 19.9 Å². The van der Waals surface area contributed by atoms with Crippen LogP contribution in [0.25, 0.3) is 0 Å². The summed E-state index contributed by atoms with van der Waals surface area (Å²) < 4.78 is 5.32. The monoisotopic (exact) mass is 375 g/mol. The van der Waals surface area contributed by atoms with Gasteiger partial charge in [-0.15, -0.1) is 0 Å². The molecular weight excluding hydrogens is 342 g/mol. The molecule has 1 aliphatic rings. The summed E-state index contributed by atoms with van der Waals surface area (Å²) in [5.41, 5.74) is 1.67. The van der Waals surface area contributed by atoms with E-state index < -0.39 is 0 Å². The van der Waals surface area contributed by atoms with E-state index in [0.29, 0.717) is 25.2 Å². The number of piperazine rings is 1. The summed E-state index contributed by atoms with van der Waals surface area (Å²) >= 11 is 0. The average Bonchev–Trinajstić information content (AvgIpc) is 2.68. The lowest BCUT2D eigenvalue weighted by atomic mass is 10.1. The van der Waals surface area contributed by atoms with Crippen molar-refractivity contribution in [2.75, 3.05) is 52.9 Å². The van der Waals surface area contributed by atoms with E-state index in [1.54, 1.807) is 13.2 Å². The molecule has 2 amide bonds. The number of rotatable bonds is 8. The van der Waals surface area contributed by atoms with Crippen LogP contribution in [-0.4, -0.2) is 79.4 Å². The van der Waals surface area contributed by atoms with Crippen molar-refractivity contribution in [3.05, 3.63) is 29.3 Å². The van der Waals surface area contributed by atoms with Crippen LogP contribution in [0.4, 0.5) is 0 Å². The van der Waals surface area contributed by atoms with Gasteiger partial charge in [-0.25, -0.2) is 0 Å². The first-order chi connectivity index (χ1) is 13.0. The van der Waals surface area contributed by atoms with E-state index in [1.807, 2.05) is 28.9 Å². The fourth-order valence-electron chi connectivity index (χ4n) is 3.44. The number of benzene rings is 1. The zero-order valence-corrected chi connectivity index (χ0v) is 17.2. The summed E-state index contributed by atoms with van der Waals surface area (Å²) in [7, 11) is 1.62. The molecule has 0 radical (unpaired) electrons. The van der Waals surface area contributed by atoms with Crippen molar-refractivity contribution in [3.63, 3.8) is 0 Å². The van der Waals surface area contributed by atoms with E-state index in [9.17, 15) is 9.59 Å². The summed E-state index contributed by atoms with van der Waals surface area (Å²) in [5, 5.41) is 0. The highest BCUT2D eigenvalue weighted by molar-refractivity contribution is 5.94. The molecule has 1 aromatic rings. The number of amides is 2. The zero-order valence-electron chi connectivity index (χ0n) is 17.2. The summed E-state index contributed by atoms with van der Waals surface area (Å²) in [6.45, 7) is 11.0. The molecule has 1 aromatic carbocycles. The fraction of sp³-hybridized carbons (Fsp3) is 0.619. The molecule has 0 spiro atoms. The molecule has 0 N–H and O–H groups in total. The molecule has 2 rings (SSSR count). The number of hydrogen-bond acceptors (Lipinski definition) is 4. The first-order valence-corrected chi connectivity index (χ1v) is 9.94. The molecule has 0 atom stereocenters. The van der Waals surface area contributed by atoms with E-state index in [2.05, 4.69) is 18.7 Å². The Labute approximate surface area is 163 Å². The third-order valence-electron chi connectivity index (χ3n) is 5.01. The van der Waals surface area contributed by atoms with Crippen LogP contribution in [0, 0.1) is 6.92 Å². The Balaban J connectivity index is 1.89. The van der Waals surface area contributed by atoms with Crippen molar-refractivity contribution in [1.29, 1.82) is 0 Å². The number of ether oxygens (including phenoxy) is 1. The highest BCUT2D eigenvalue weighted by Crippen LogP contribution is 2.20. The topological polar surface area (TPSA) is 53.1 Å². The Kier molecular flexibility index (Phi) is 8.10. The van der Waals surface area contributed by atoms with Gasteiger partial charge in [0.2, 0.25) is 5.91 Å². The van der Waals surface area contributed by atoms with Gasteiger partial charge in [0.15, 0.2) is 0 Å². The molecule has 1 heterocycles. The second-order valence-electron chi connectivity index (χ2n) is 7.13. The van der Waals surface area contributed by atoms with Crippen molar-refractivity contribution in [2.45, 2.75) is 33.6 Å². The van der Waals surface area contributed by atoms with Crippen LogP contribution in [0.5, 0.6) is 5.75 Å². The maximum Gasteiger partial charge on any atom is 0.254 e. The number of hydrogen-bond donors (Lipinski definition) is 0. The molecule has 1 fully saturated rings. The molecular formula is C21H33N3O3. The van der Waals surface area contributed by atoms with Crippen LogP contribution in [0.2, 0.25) is 0 Å². The Morgan fingerprint density at radius 1 is 1.07 bits per heavy atom. The van der Waals surface area contributed by atoms with Gasteiger partial charge < -0.3 is 14.5 Å². The quantitative estimate of drug-likeness (QED) is 0.700. The van der Waals surface area contributed by atoms with E-state index >= 15 is 0 Å². The van der Waals surface area contributed by atoms with Gasteiger partial charge in [0, 0.05) is 44.8 Å². The fourth-order valence-corrected chi connectivity index (χ4v) is 3.44. The second kappa shape index (κ2) is 10.3. The molecule has 0 bridgehead atoms. The van der Waals surface area contributed by atoms with Crippen molar-refractivity contribution < 1.29 is 14.3 Å². The Hall–Kier alpha value is -2.08. The van der Waals surface area contributed by atoms with Crippen LogP contribution < -0.4 is 4.74 Å². The highest BCUT2D eigenvalue weighted by atomic mass is 16.5. The van der Waals surface area contributed by atoms with Crippen LogP contribution in [0.3, 0.4) is 0 Å². The summed E-state index contributed by atoms with van der Waals surface area (Å²) in [5.74, 6) is 0.955. The standard InChI is InChI=1S/C21H33N3O3/c1-5-9-23(10-6-2)20(25)16-22-11-13-24(14-12-22)21(26)18-8-7-17(3)19(15-18)27-4/h7-8,15H,5-6,9-14,16H2,1-4H3. The summed E-state index contributed by atoms with van der Waals surface area (Å²) in [6, 6.07) is 5.57. The minimum absolute atomic E-state index is 0.0258. The van der Waals surface area contributed by atoms with Gasteiger partial charge in [0.05, 0.1) is 13.7 Å². The molecule has 0 aliphatic carbocycles. The molecule has 0 aromatic heterocycles. The normalized spacial score (nSPS) is 14.9. The smallest absolute Gasteiger partial charge is 0.254 e. The van der Waals surface area contributed by atoms with Crippen LogP contribution in [0.1, 0.15) is 42.6 Å². The summed E-state index contributed by atoms with van der Waals surface area (Å²) in [4.78, 5) is 31.3. The number of nitrogens with zero attached hydrogens (tertiary/aromatic N) is 3. The molecule has 0 saturated carbocycles. The van der Waals surface area contributed by atoms with Gasteiger partial charge in [0.25, 0.3) is 5.91 Å².